The Kier molecular flexibility index (Phi) is 13.4. The molecular formula is C5H14N2OS. The first-order chi connectivity index (χ1) is 4.15. The molecule has 0 saturated carbocycles. The van der Waals surface area contributed by atoms with Crippen LogP contribution in [0.4, 0.5) is 4.79 Å². The summed E-state index contributed by atoms with van der Waals surface area (Å²) in [5.74, 6) is 2.52. The van der Waals surface area contributed by atoms with Crippen molar-refractivity contribution < 1.29 is 4.79 Å². The average Bonchev–Trinajstić information content (AvgIpc) is 1.66. The minimum atomic E-state index is -0.833. The fourth-order valence-electron chi connectivity index (χ4n) is 0.204. The van der Waals surface area contributed by atoms with Gasteiger partial charge in [0.1, 0.15) is 0 Å². The van der Waals surface area contributed by atoms with E-state index in [0.29, 0.717) is 0 Å². The molecule has 0 spiro atoms. The fraction of sp³-hybridized carbons (Fsp3) is 0.800. The Morgan fingerprint density at radius 2 is 1.56 bits per heavy atom. The zero-order valence-corrected chi connectivity index (χ0v) is 6.70. The second-order valence-electron chi connectivity index (χ2n) is 1.18. The second kappa shape index (κ2) is 10.6. The summed E-state index contributed by atoms with van der Waals surface area (Å²) < 4.78 is 0. The largest absolute Gasteiger partial charge is 0.352 e. The molecule has 0 aliphatic rings. The van der Waals surface area contributed by atoms with E-state index in [4.69, 9.17) is 4.79 Å². The summed E-state index contributed by atoms with van der Waals surface area (Å²) in [6.07, 6.45) is 0. The number of nitrogens with two attached hydrogens (primary N) is 2. The van der Waals surface area contributed by atoms with Gasteiger partial charge in [-0.1, -0.05) is 13.8 Å². The quantitative estimate of drug-likeness (QED) is 0.610. The van der Waals surface area contributed by atoms with E-state index in [9.17, 15) is 0 Å². The van der Waals surface area contributed by atoms with Crippen LogP contribution in [0.25, 0.3) is 0 Å². The van der Waals surface area contributed by atoms with Gasteiger partial charge in [0.2, 0.25) is 0 Å². The maximum absolute atomic E-state index is 9.00. The predicted molar refractivity (Wildman–Crippen MR) is 42.4 cm³/mol. The molecule has 0 radical (unpaired) electrons. The van der Waals surface area contributed by atoms with Crippen LogP contribution in [0, 0.1) is 0 Å². The van der Waals surface area contributed by atoms with E-state index in [1.165, 1.54) is 11.5 Å². The highest BCUT2D eigenvalue weighted by molar-refractivity contribution is 7.99. The lowest BCUT2D eigenvalue weighted by atomic mass is 11.0. The van der Waals surface area contributed by atoms with Crippen molar-refractivity contribution in [2.75, 3.05) is 11.5 Å². The van der Waals surface area contributed by atoms with E-state index in [0.717, 1.165) is 0 Å². The minimum Gasteiger partial charge on any atom is -0.352 e. The molecule has 0 aromatic heterocycles. The number of amides is 2. The lowest BCUT2D eigenvalue weighted by Gasteiger charge is -1.80. The van der Waals surface area contributed by atoms with Crippen molar-refractivity contribution in [3.8, 4) is 0 Å². The van der Waals surface area contributed by atoms with Crippen LogP contribution in [-0.2, 0) is 0 Å². The van der Waals surface area contributed by atoms with E-state index in [2.05, 4.69) is 25.3 Å². The van der Waals surface area contributed by atoms with Crippen molar-refractivity contribution in [3.05, 3.63) is 0 Å². The van der Waals surface area contributed by atoms with Crippen molar-refractivity contribution in [2.24, 2.45) is 11.5 Å². The molecule has 9 heavy (non-hydrogen) atoms. The maximum atomic E-state index is 9.00. The van der Waals surface area contributed by atoms with Gasteiger partial charge < -0.3 is 11.5 Å². The molecule has 4 N–H and O–H groups in total. The van der Waals surface area contributed by atoms with Crippen LogP contribution in [0.5, 0.6) is 0 Å². The molecule has 0 rings (SSSR count). The van der Waals surface area contributed by atoms with Crippen molar-refractivity contribution in [3.63, 3.8) is 0 Å². The number of hydrogen-bond donors (Lipinski definition) is 2. The highest BCUT2D eigenvalue weighted by atomic mass is 32.2. The first-order valence-electron chi connectivity index (χ1n) is 2.77. The van der Waals surface area contributed by atoms with Gasteiger partial charge in [-0.25, -0.2) is 4.79 Å². The van der Waals surface area contributed by atoms with Gasteiger partial charge in [0.25, 0.3) is 0 Å². The third-order valence-electron chi connectivity index (χ3n) is 0.408. The lowest BCUT2D eigenvalue weighted by Crippen LogP contribution is -2.18. The first-order valence-corrected chi connectivity index (χ1v) is 3.93. The molecule has 0 unspecified atom stereocenters. The SMILES string of the molecule is CCSCC.NC(N)=O. The summed E-state index contributed by atoms with van der Waals surface area (Å²) in [5.41, 5.74) is 8.50. The molecule has 2 amide bonds. The van der Waals surface area contributed by atoms with Gasteiger partial charge in [-0.2, -0.15) is 11.8 Å². The fourth-order valence-corrected chi connectivity index (χ4v) is 0.612. The minimum absolute atomic E-state index is 0.833. The lowest BCUT2D eigenvalue weighted by molar-refractivity contribution is 0.256. The van der Waals surface area contributed by atoms with Crippen LogP contribution >= 0.6 is 11.8 Å². The number of primary amides is 2. The van der Waals surface area contributed by atoms with Gasteiger partial charge in [-0.05, 0) is 11.5 Å². The van der Waals surface area contributed by atoms with Crippen LogP contribution in [0.2, 0.25) is 0 Å². The standard InChI is InChI=1S/C4H10S.CH4N2O/c1-3-5-4-2;2-1(3)4/h3-4H2,1-2H3;(H4,2,3,4). The summed E-state index contributed by atoms with van der Waals surface area (Å²) in [5, 5.41) is 0. The Balaban J connectivity index is 0. The van der Waals surface area contributed by atoms with E-state index in [-0.39, 0.29) is 0 Å². The molecule has 56 valence electrons. The van der Waals surface area contributed by atoms with Crippen LogP contribution in [0.3, 0.4) is 0 Å². The molecule has 0 atom stereocenters. The maximum Gasteiger partial charge on any atom is 0.309 e. The van der Waals surface area contributed by atoms with Gasteiger partial charge in [0.05, 0.1) is 0 Å². The molecule has 4 heteroatoms. The summed E-state index contributed by atoms with van der Waals surface area (Å²) >= 11 is 1.96. The Hall–Kier alpha value is -0.380. The van der Waals surface area contributed by atoms with E-state index < -0.39 is 6.03 Å². The van der Waals surface area contributed by atoms with Crippen molar-refractivity contribution >= 4 is 17.8 Å². The Morgan fingerprint density at radius 1 is 1.33 bits per heavy atom. The summed E-state index contributed by atoms with van der Waals surface area (Å²) in [6.45, 7) is 4.35. The van der Waals surface area contributed by atoms with Crippen LogP contribution in [0.1, 0.15) is 13.8 Å². The van der Waals surface area contributed by atoms with E-state index in [1.807, 2.05) is 11.8 Å². The van der Waals surface area contributed by atoms with Crippen molar-refractivity contribution in [1.82, 2.24) is 0 Å². The van der Waals surface area contributed by atoms with Crippen molar-refractivity contribution in [1.29, 1.82) is 0 Å². The molecule has 0 aromatic rings. The van der Waals surface area contributed by atoms with Gasteiger partial charge in [0.15, 0.2) is 0 Å². The normalized spacial score (nSPS) is 7.33. The summed E-state index contributed by atoms with van der Waals surface area (Å²) in [7, 11) is 0. The number of carbonyl (C=O) groups is 1. The molecule has 0 aliphatic carbocycles. The van der Waals surface area contributed by atoms with Gasteiger partial charge in [0, 0.05) is 0 Å². The topological polar surface area (TPSA) is 69.1 Å². The molecule has 0 heterocycles. The highest BCUT2D eigenvalue weighted by Gasteiger charge is 1.67. The molecular weight excluding hydrogens is 136 g/mol. The predicted octanol–water partition coefficient (Wildman–Crippen LogP) is 0.783. The molecule has 0 fully saturated rings. The van der Waals surface area contributed by atoms with Crippen LogP contribution in [0.15, 0.2) is 0 Å². The van der Waals surface area contributed by atoms with Gasteiger partial charge in [-0.3, -0.25) is 0 Å². The third kappa shape index (κ3) is 91.7. The third-order valence-corrected chi connectivity index (χ3v) is 1.22. The summed E-state index contributed by atoms with van der Waals surface area (Å²) in [4.78, 5) is 9.00. The molecule has 0 bridgehead atoms. The van der Waals surface area contributed by atoms with Gasteiger partial charge >= 0.3 is 6.03 Å². The average molecular weight is 150 g/mol. The number of thioether (sulfide) groups is 1. The number of hydrogen-bond acceptors (Lipinski definition) is 2. The molecule has 0 aliphatic heterocycles. The first kappa shape index (κ1) is 11.4. The second-order valence-corrected chi connectivity index (χ2v) is 2.75. The Morgan fingerprint density at radius 3 is 1.56 bits per heavy atom. The Bertz CT molecular complexity index is 62.0. The van der Waals surface area contributed by atoms with Gasteiger partial charge in [-0.15, -0.1) is 0 Å². The van der Waals surface area contributed by atoms with Crippen LogP contribution in [-0.4, -0.2) is 17.5 Å². The van der Waals surface area contributed by atoms with E-state index >= 15 is 0 Å². The zero-order valence-electron chi connectivity index (χ0n) is 5.89. The van der Waals surface area contributed by atoms with E-state index in [1.54, 1.807) is 0 Å². The number of carbonyl (C=O) groups excluding carboxylic acids is 1. The molecule has 3 nitrogen and oxygen atoms in total. The van der Waals surface area contributed by atoms with Crippen molar-refractivity contribution in [2.45, 2.75) is 13.8 Å². The van der Waals surface area contributed by atoms with Crippen LogP contribution < -0.4 is 11.5 Å². The smallest absolute Gasteiger partial charge is 0.309 e. The number of urea groups is 1. The highest BCUT2D eigenvalue weighted by Crippen LogP contribution is 1.93. The Labute approximate surface area is 60.2 Å². The monoisotopic (exact) mass is 150 g/mol. The zero-order chi connectivity index (χ0) is 7.70. The molecule has 0 saturated heterocycles. The summed E-state index contributed by atoms with van der Waals surface area (Å²) in [6, 6.07) is -0.833. The molecule has 0 aromatic carbocycles. The number of rotatable bonds is 2.